The molecule has 0 radical (unpaired) electrons. The SMILES string of the molecule is O=C1[C@@H]2[C@@H](N=NN2c2ccc(F)cc2)C(=O)N1c1ccccc1. The second-order valence-electron chi connectivity index (χ2n) is 5.26. The number of para-hydroxylation sites is 1. The Morgan fingerprint density at radius 2 is 1.57 bits per heavy atom. The third-order valence-corrected chi connectivity index (χ3v) is 3.89. The first-order valence-electron chi connectivity index (χ1n) is 7.05. The quantitative estimate of drug-likeness (QED) is 0.800. The second kappa shape index (κ2) is 4.98. The first kappa shape index (κ1) is 13.6. The molecule has 1 fully saturated rings. The van der Waals surface area contributed by atoms with Crippen LogP contribution in [-0.4, -0.2) is 23.9 Å². The first-order valence-corrected chi connectivity index (χ1v) is 7.05. The van der Waals surface area contributed by atoms with E-state index in [0.29, 0.717) is 11.4 Å². The van der Waals surface area contributed by atoms with Gasteiger partial charge in [0.05, 0.1) is 11.4 Å². The van der Waals surface area contributed by atoms with Crippen molar-refractivity contribution in [1.29, 1.82) is 0 Å². The number of carbonyl (C=O) groups excluding carboxylic acids is 2. The van der Waals surface area contributed by atoms with Crippen LogP contribution in [0, 0.1) is 5.82 Å². The lowest BCUT2D eigenvalue weighted by Gasteiger charge is -2.20. The molecule has 114 valence electrons. The summed E-state index contributed by atoms with van der Waals surface area (Å²) in [4.78, 5) is 26.3. The molecule has 2 atom stereocenters. The molecule has 6 nitrogen and oxygen atoms in total. The van der Waals surface area contributed by atoms with Crippen molar-refractivity contribution in [2.75, 3.05) is 9.91 Å². The Balaban J connectivity index is 1.70. The van der Waals surface area contributed by atoms with Gasteiger partial charge in [0.2, 0.25) is 0 Å². The Morgan fingerprint density at radius 3 is 2.26 bits per heavy atom. The molecular formula is C16H11FN4O2. The highest BCUT2D eigenvalue weighted by Gasteiger charge is 2.55. The van der Waals surface area contributed by atoms with Gasteiger partial charge < -0.3 is 0 Å². The minimum absolute atomic E-state index is 0.388. The van der Waals surface area contributed by atoms with Crippen molar-refractivity contribution < 1.29 is 14.0 Å². The Kier molecular flexibility index (Phi) is 2.94. The summed E-state index contributed by atoms with van der Waals surface area (Å²) in [6.45, 7) is 0. The number of carbonyl (C=O) groups is 2. The molecule has 2 amide bonds. The van der Waals surface area contributed by atoms with Crippen molar-refractivity contribution in [1.82, 2.24) is 0 Å². The van der Waals surface area contributed by atoms with Gasteiger partial charge >= 0.3 is 0 Å². The summed E-state index contributed by atoms with van der Waals surface area (Å²) >= 11 is 0. The molecule has 2 aliphatic rings. The topological polar surface area (TPSA) is 65.3 Å². The van der Waals surface area contributed by atoms with E-state index in [1.165, 1.54) is 29.3 Å². The number of amides is 2. The number of nitrogens with zero attached hydrogens (tertiary/aromatic N) is 4. The maximum absolute atomic E-state index is 13.1. The highest BCUT2D eigenvalue weighted by molar-refractivity contribution is 6.26. The average molecular weight is 310 g/mol. The number of anilines is 2. The molecule has 2 aliphatic heterocycles. The van der Waals surface area contributed by atoms with Crippen LogP contribution in [0.4, 0.5) is 15.8 Å². The van der Waals surface area contributed by atoms with Crippen molar-refractivity contribution in [2.24, 2.45) is 10.3 Å². The van der Waals surface area contributed by atoms with Crippen LogP contribution in [0.2, 0.25) is 0 Å². The number of halogens is 1. The van der Waals surface area contributed by atoms with E-state index in [1.54, 1.807) is 30.3 Å². The van der Waals surface area contributed by atoms with Gasteiger partial charge in [0, 0.05) is 0 Å². The minimum atomic E-state index is -0.868. The molecule has 23 heavy (non-hydrogen) atoms. The molecule has 0 aromatic heterocycles. The predicted molar refractivity (Wildman–Crippen MR) is 80.2 cm³/mol. The first-order chi connectivity index (χ1) is 11.2. The zero-order valence-electron chi connectivity index (χ0n) is 11.8. The van der Waals surface area contributed by atoms with Crippen molar-refractivity contribution in [3.05, 3.63) is 60.4 Å². The number of hydrogen-bond acceptors (Lipinski definition) is 5. The monoisotopic (exact) mass is 310 g/mol. The number of fused-ring (bicyclic) bond motifs is 1. The van der Waals surface area contributed by atoms with Gasteiger partial charge in [-0.25, -0.2) is 14.3 Å². The normalized spacial score (nSPS) is 22.8. The zero-order valence-corrected chi connectivity index (χ0v) is 11.8. The lowest BCUT2D eigenvalue weighted by Crippen LogP contribution is -2.39. The Morgan fingerprint density at radius 1 is 0.870 bits per heavy atom. The summed E-state index contributed by atoms with van der Waals surface area (Å²) in [7, 11) is 0. The van der Waals surface area contributed by atoms with Crippen molar-refractivity contribution in [3.8, 4) is 0 Å². The standard InChI is InChI=1S/C16H11FN4O2/c17-10-6-8-12(9-7-10)21-14-13(18-19-21)15(22)20(16(14)23)11-4-2-1-3-5-11/h1-9,13-14H/t13-,14+/m1/s1. The van der Waals surface area contributed by atoms with E-state index in [4.69, 9.17) is 0 Å². The molecule has 0 aliphatic carbocycles. The minimum Gasteiger partial charge on any atom is -0.271 e. The van der Waals surface area contributed by atoms with Gasteiger partial charge in [-0.15, -0.1) is 0 Å². The van der Waals surface area contributed by atoms with E-state index < -0.39 is 18.0 Å². The van der Waals surface area contributed by atoms with E-state index in [2.05, 4.69) is 10.3 Å². The van der Waals surface area contributed by atoms with Crippen molar-refractivity contribution >= 4 is 23.2 Å². The van der Waals surface area contributed by atoms with Gasteiger partial charge in [-0.2, -0.15) is 5.11 Å². The fourth-order valence-corrected chi connectivity index (χ4v) is 2.80. The maximum atomic E-state index is 13.1. The van der Waals surface area contributed by atoms with Crippen LogP contribution >= 0.6 is 0 Å². The maximum Gasteiger partial charge on any atom is 0.263 e. The summed E-state index contributed by atoms with van der Waals surface area (Å²) in [6, 6.07) is 12.5. The largest absolute Gasteiger partial charge is 0.271 e. The highest BCUT2D eigenvalue weighted by Crippen LogP contribution is 2.34. The van der Waals surface area contributed by atoms with Crippen LogP contribution in [0.5, 0.6) is 0 Å². The third-order valence-electron chi connectivity index (χ3n) is 3.89. The van der Waals surface area contributed by atoms with Gasteiger partial charge in [-0.05, 0) is 36.4 Å². The molecule has 2 heterocycles. The molecule has 0 unspecified atom stereocenters. The van der Waals surface area contributed by atoms with Gasteiger partial charge in [0.1, 0.15) is 5.82 Å². The number of benzene rings is 2. The Bertz CT molecular complexity index is 807. The molecule has 7 heteroatoms. The number of hydrogen-bond donors (Lipinski definition) is 0. The third kappa shape index (κ3) is 2.01. The molecule has 1 saturated heterocycles. The molecule has 2 aromatic rings. The van der Waals surface area contributed by atoms with Crippen LogP contribution in [0.15, 0.2) is 64.9 Å². The van der Waals surface area contributed by atoms with Crippen LogP contribution in [-0.2, 0) is 9.59 Å². The Labute approximate surface area is 130 Å². The second-order valence-corrected chi connectivity index (χ2v) is 5.26. The molecule has 2 aromatic carbocycles. The molecule has 0 saturated carbocycles. The van der Waals surface area contributed by atoms with E-state index in [0.717, 1.165) is 4.90 Å². The molecule has 0 spiro atoms. The molecule has 0 N–H and O–H groups in total. The van der Waals surface area contributed by atoms with Crippen LogP contribution in [0.3, 0.4) is 0 Å². The van der Waals surface area contributed by atoms with Gasteiger partial charge in [0.15, 0.2) is 12.1 Å². The number of imide groups is 1. The van der Waals surface area contributed by atoms with Crippen molar-refractivity contribution in [2.45, 2.75) is 12.1 Å². The van der Waals surface area contributed by atoms with Gasteiger partial charge in [-0.3, -0.25) is 9.59 Å². The van der Waals surface area contributed by atoms with Gasteiger partial charge in [-0.1, -0.05) is 23.4 Å². The number of rotatable bonds is 2. The van der Waals surface area contributed by atoms with Crippen LogP contribution in [0.1, 0.15) is 0 Å². The lowest BCUT2D eigenvalue weighted by atomic mass is 10.1. The fraction of sp³-hybridized carbons (Fsp3) is 0.125. The molecular weight excluding hydrogens is 299 g/mol. The summed E-state index contributed by atoms with van der Waals surface area (Å²) < 4.78 is 13.1. The summed E-state index contributed by atoms with van der Waals surface area (Å²) in [5, 5.41) is 9.22. The lowest BCUT2D eigenvalue weighted by molar-refractivity contribution is -0.121. The summed E-state index contributed by atoms with van der Waals surface area (Å²) in [5.41, 5.74) is 1.02. The van der Waals surface area contributed by atoms with Crippen LogP contribution in [0.25, 0.3) is 0 Å². The zero-order chi connectivity index (χ0) is 16.0. The summed E-state index contributed by atoms with van der Waals surface area (Å²) in [6.07, 6.45) is 0. The van der Waals surface area contributed by atoms with Gasteiger partial charge in [0.25, 0.3) is 11.8 Å². The smallest absolute Gasteiger partial charge is 0.263 e. The Hall–Kier alpha value is -3.09. The van der Waals surface area contributed by atoms with E-state index in [9.17, 15) is 14.0 Å². The van der Waals surface area contributed by atoms with Crippen LogP contribution < -0.4 is 9.91 Å². The van der Waals surface area contributed by atoms with E-state index in [-0.39, 0.29) is 11.7 Å². The average Bonchev–Trinajstić information content (AvgIpc) is 3.10. The summed E-state index contributed by atoms with van der Waals surface area (Å²) in [5.74, 6) is -1.18. The van der Waals surface area contributed by atoms with E-state index in [1.807, 2.05) is 0 Å². The fourth-order valence-electron chi connectivity index (χ4n) is 2.80. The predicted octanol–water partition coefficient (Wildman–Crippen LogP) is 2.32. The molecule has 4 rings (SSSR count). The highest BCUT2D eigenvalue weighted by atomic mass is 19.1. The molecule has 0 bridgehead atoms. The van der Waals surface area contributed by atoms with Crippen molar-refractivity contribution in [3.63, 3.8) is 0 Å². The van der Waals surface area contributed by atoms with E-state index >= 15 is 0 Å².